The van der Waals surface area contributed by atoms with Gasteiger partial charge in [-0.2, -0.15) is 0 Å². The molecule has 4 N–H and O–H groups in total. The Morgan fingerprint density at radius 2 is 2.32 bits per heavy atom. The maximum atomic E-state index is 10.9. The highest BCUT2D eigenvalue weighted by atomic mass is 32.1. The van der Waals surface area contributed by atoms with E-state index in [4.69, 9.17) is 10.8 Å². The zero-order valence-corrected chi connectivity index (χ0v) is 11.3. The molecule has 2 aromatic heterocycles. The summed E-state index contributed by atoms with van der Waals surface area (Å²) in [6.07, 6.45) is 0.843. The molecule has 0 aliphatic heterocycles. The normalized spacial score (nSPS) is 12.1. The van der Waals surface area contributed by atoms with Gasteiger partial charge in [0, 0.05) is 17.3 Å². The molecule has 5 nitrogen and oxygen atoms in total. The van der Waals surface area contributed by atoms with Gasteiger partial charge in [-0.25, -0.2) is 9.78 Å². The van der Waals surface area contributed by atoms with Crippen molar-refractivity contribution in [1.29, 1.82) is 0 Å². The molecule has 100 valence electrons. The van der Waals surface area contributed by atoms with Gasteiger partial charge in [0.25, 0.3) is 0 Å². The largest absolute Gasteiger partial charge is 0.477 e. The predicted molar refractivity (Wildman–Crippen MR) is 76.7 cm³/mol. The average Bonchev–Trinajstić information content (AvgIpc) is 2.84. The van der Waals surface area contributed by atoms with Crippen LogP contribution in [-0.2, 0) is 6.42 Å². The zero-order valence-electron chi connectivity index (χ0n) is 10.5. The highest BCUT2D eigenvalue weighted by molar-refractivity contribution is 7.09. The van der Waals surface area contributed by atoms with Crippen molar-refractivity contribution >= 4 is 28.8 Å². The minimum atomic E-state index is -1.06. The maximum Gasteiger partial charge on any atom is 0.354 e. The highest BCUT2D eigenvalue weighted by Crippen LogP contribution is 2.19. The van der Waals surface area contributed by atoms with E-state index in [1.165, 1.54) is 10.9 Å². The van der Waals surface area contributed by atoms with E-state index in [-0.39, 0.29) is 11.7 Å². The molecule has 1 unspecified atom stereocenters. The second kappa shape index (κ2) is 5.71. The number of aromatic nitrogens is 1. The van der Waals surface area contributed by atoms with Crippen LogP contribution in [0.5, 0.6) is 0 Å². The molecule has 6 heteroatoms. The summed E-state index contributed by atoms with van der Waals surface area (Å²) in [7, 11) is 0. The van der Waals surface area contributed by atoms with Crippen molar-refractivity contribution < 1.29 is 9.90 Å². The lowest BCUT2D eigenvalue weighted by Gasteiger charge is -2.15. The fourth-order valence-corrected chi connectivity index (χ4v) is 2.55. The minimum absolute atomic E-state index is 0.0139. The van der Waals surface area contributed by atoms with E-state index in [0.717, 1.165) is 6.42 Å². The van der Waals surface area contributed by atoms with Crippen LogP contribution in [-0.4, -0.2) is 22.1 Å². The molecule has 0 aliphatic carbocycles. The Kier molecular flexibility index (Phi) is 4.01. The molecule has 19 heavy (non-hydrogen) atoms. The average molecular weight is 277 g/mol. The molecule has 0 amide bonds. The van der Waals surface area contributed by atoms with Gasteiger partial charge in [0.1, 0.15) is 5.82 Å². The lowest BCUT2D eigenvalue weighted by atomic mass is 10.2. The molecule has 0 bridgehead atoms. The van der Waals surface area contributed by atoms with Gasteiger partial charge < -0.3 is 16.2 Å². The Morgan fingerprint density at radius 3 is 2.95 bits per heavy atom. The summed E-state index contributed by atoms with van der Waals surface area (Å²) in [6.45, 7) is 2.01. The Balaban J connectivity index is 2.09. The number of aromatic carboxylic acids is 1. The topological polar surface area (TPSA) is 88.2 Å². The summed E-state index contributed by atoms with van der Waals surface area (Å²) < 4.78 is 0. The first-order valence-electron chi connectivity index (χ1n) is 5.85. The SMILES string of the molecule is CC(Cc1cccs1)Nc1nc(C(=O)O)ccc1N. The first-order chi connectivity index (χ1) is 9.06. The van der Waals surface area contributed by atoms with Crippen molar-refractivity contribution in [2.75, 3.05) is 11.1 Å². The van der Waals surface area contributed by atoms with Crippen LogP contribution in [0.1, 0.15) is 22.3 Å². The first-order valence-corrected chi connectivity index (χ1v) is 6.73. The second-order valence-electron chi connectivity index (χ2n) is 4.27. The predicted octanol–water partition coefficient (Wildman–Crippen LogP) is 2.47. The van der Waals surface area contributed by atoms with Gasteiger partial charge in [-0.3, -0.25) is 0 Å². The molecule has 2 heterocycles. The van der Waals surface area contributed by atoms with Gasteiger partial charge in [-0.15, -0.1) is 11.3 Å². The number of carboxylic acids is 1. The van der Waals surface area contributed by atoms with Gasteiger partial charge in [0.05, 0.1) is 5.69 Å². The van der Waals surface area contributed by atoms with Crippen molar-refractivity contribution in [1.82, 2.24) is 4.98 Å². The molecule has 0 spiro atoms. The number of nitrogen functional groups attached to an aromatic ring is 1. The van der Waals surface area contributed by atoms with Crippen LogP contribution < -0.4 is 11.1 Å². The van der Waals surface area contributed by atoms with E-state index < -0.39 is 5.97 Å². The van der Waals surface area contributed by atoms with E-state index in [0.29, 0.717) is 11.5 Å². The number of anilines is 2. The van der Waals surface area contributed by atoms with Crippen LogP contribution in [0.3, 0.4) is 0 Å². The smallest absolute Gasteiger partial charge is 0.354 e. The summed E-state index contributed by atoms with van der Waals surface area (Å²) in [5.41, 5.74) is 6.23. The van der Waals surface area contributed by atoms with E-state index in [1.807, 2.05) is 18.4 Å². The highest BCUT2D eigenvalue weighted by Gasteiger charge is 2.11. The van der Waals surface area contributed by atoms with Crippen LogP contribution in [0.2, 0.25) is 0 Å². The number of rotatable bonds is 5. The number of carbonyl (C=O) groups is 1. The summed E-state index contributed by atoms with van der Waals surface area (Å²) in [5.74, 6) is -0.641. The van der Waals surface area contributed by atoms with Crippen LogP contribution in [0.4, 0.5) is 11.5 Å². The van der Waals surface area contributed by atoms with Crippen molar-refractivity contribution in [2.45, 2.75) is 19.4 Å². The third-order valence-corrected chi connectivity index (χ3v) is 3.51. The number of hydrogen-bond donors (Lipinski definition) is 3. The minimum Gasteiger partial charge on any atom is -0.477 e. The summed E-state index contributed by atoms with van der Waals surface area (Å²) >= 11 is 1.69. The zero-order chi connectivity index (χ0) is 13.8. The fraction of sp³-hybridized carbons (Fsp3) is 0.231. The molecule has 2 rings (SSSR count). The molecule has 0 aromatic carbocycles. The standard InChI is InChI=1S/C13H15N3O2S/c1-8(7-9-3-2-6-19-9)15-12-10(14)4-5-11(16-12)13(17)18/h2-6,8H,7,14H2,1H3,(H,15,16)(H,17,18). The molecule has 0 fully saturated rings. The number of nitrogens with one attached hydrogen (secondary N) is 1. The van der Waals surface area contributed by atoms with Crippen molar-refractivity contribution in [3.63, 3.8) is 0 Å². The Labute approximate surface area is 115 Å². The number of thiophene rings is 1. The summed E-state index contributed by atoms with van der Waals surface area (Å²) in [6, 6.07) is 7.14. The van der Waals surface area contributed by atoms with Crippen LogP contribution in [0.25, 0.3) is 0 Å². The second-order valence-corrected chi connectivity index (χ2v) is 5.30. The van der Waals surface area contributed by atoms with Crippen LogP contribution in [0.15, 0.2) is 29.6 Å². The molecular formula is C13H15N3O2S. The van der Waals surface area contributed by atoms with E-state index in [1.54, 1.807) is 17.4 Å². The van der Waals surface area contributed by atoms with E-state index in [9.17, 15) is 4.79 Å². The Hall–Kier alpha value is -2.08. The van der Waals surface area contributed by atoms with Gasteiger partial charge in [-0.1, -0.05) is 6.07 Å². The third kappa shape index (κ3) is 3.45. The quantitative estimate of drug-likeness (QED) is 0.781. The third-order valence-electron chi connectivity index (χ3n) is 2.62. The van der Waals surface area contributed by atoms with Crippen molar-refractivity contribution in [3.05, 3.63) is 40.2 Å². The van der Waals surface area contributed by atoms with E-state index >= 15 is 0 Å². The van der Waals surface area contributed by atoms with Crippen LogP contribution in [0, 0.1) is 0 Å². The lowest BCUT2D eigenvalue weighted by Crippen LogP contribution is -2.20. The van der Waals surface area contributed by atoms with Crippen molar-refractivity contribution in [3.8, 4) is 0 Å². The van der Waals surface area contributed by atoms with E-state index in [2.05, 4.69) is 16.4 Å². The summed E-state index contributed by atoms with van der Waals surface area (Å²) in [4.78, 5) is 16.1. The number of pyridine rings is 1. The monoisotopic (exact) mass is 277 g/mol. The summed E-state index contributed by atoms with van der Waals surface area (Å²) in [5, 5.41) is 14.1. The maximum absolute atomic E-state index is 10.9. The van der Waals surface area contributed by atoms with Gasteiger partial charge >= 0.3 is 5.97 Å². The fourth-order valence-electron chi connectivity index (χ4n) is 1.72. The lowest BCUT2D eigenvalue weighted by molar-refractivity contribution is 0.0690. The number of nitrogens with zero attached hydrogens (tertiary/aromatic N) is 1. The van der Waals surface area contributed by atoms with Gasteiger partial charge in [0.15, 0.2) is 5.69 Å². The molecular weight excluding hydrogens is 262 g/mol. The van der Waals surface area contributed by atoms with Crippen molar-refractivity contribution in [2.24, 2.45) is 0 Å². The number of hydrogen-bond acceptors (Lipinski definition) is 5. The van der Waals surface area contributed by atoms with Gasteiger partial charge in [0.2, 0.25) is 0 Å². The molecule has 0 radical (unpaired) electrons. The molecule has 0 saturated carbocycles. The molecule has 0 saturated heterocycles. The molecule has 2 aromatic rings. The Bertz CT molecular complexity index is 569. The van der Waals surface area contributed by atoms with Crippen LogP contribution >= 0.6 is 11.3 Å². The number of carboxylic acid groups (broad SMARTS) is 1. The van der Waals surface area contributed by atoms with Gasteiger partial charge in [-0.05, 0) is 30.5 Å². The molecule has 1 atom stereocenters. The number of nitrogens with two attached hydrogens (primary N) is 1. The molecule has 0 aliphatic rings. The Morgan fingerprint density at radius 1 is 1.53 bits per heavy atom. The first kappa shape index (κ1) is 13.4.